The Balaban J connectivity index is 2.05. The molecule has 1 saturated carbocycles. The molecule has 1 aliphatic rings. The molecular formula is C10H13NOS. The minimum absolute atomic E-state index is 0.212. The van der Waals surface area contributed by atoms with Crippen LogP contribution in [-0.2, 0) is 11.2 Å². The fourth-order valence-corrected chi connectivity index (χ4v) is 2.81. The molecule has 2 nitrogen and oxygen atoms in total. The van der Waals surface area contributed by atoms with Crippen LogP contribution in [0.3, 0.4) is 0 Å². The van der Waals surface area contributed by atoms with Crippen LogP contribution in [0.15, 0.2) is 11.7 Å². The molecule has 1 heterocycles. The summed E-state index contributed by atoms with van der Waals surface area (Å²) in [6.07, 6.45) is 5.51. The van der Waals surface area contributed by atoms with Gasteiger partial charge in [0.05, 0.1) is 5.51 Å². The van der Waals surface area contributed by atoms with E-state index in [4.69, 9.17) is 0 Å². The van der Waals surface area contributed by atoms with Crippen molar-refractivity contribution in [2.45, 2.75) is 32.6 Å². The van der Waals surface area contributed by atoms with Gasteiger partial charge in [0.2, 0.25) is 0 Å². The van der Waals surface area contributed by atoms with Gasteiger partial charge in [0, 0.05) is 23.9 Å². The molecule has 1 atom stereocenters. The number of hydrogen-bond acceptors (Lipinski definition) is 3. The highest BCUT2D eigenvalue weighted by atomic mass is 32.1. The van der Waals surface area contributed by atoms with Crippen LogP contribution in [0.1, 0.15) is 31.1 Å². The summed E-state index contributed by atoms with van der Waals surface area (Å²) in [6.45, 7) is 2.21. The highest BCUT2D eigenvalue weighted by molar-refractivity contribution is 7.09. The van der Waals surface area contributed by atoms with Crippen molar-refractivity contribution in [2.24, 2.45) is 5.41 Å². The number of thiazole rings is 1. The Kier molecular flexibility index (Phi) is 2.20. The van der Waals surface area contributed by atoms with Gasteiger partial charge in [-0.25, -0.2) is 0 Å². The zero-order valence-corrected chi connectivity index (χ0v) is 8.56. The number of nitrogens with zero attached hydrogens (tertiary/aromatic N) is 1. The van der Waals surface area contributed by atoms with Crippen molar-refractivity contribution in [1.29, 1.82) is 0 Å². The molecule has 0 bridgehead atoms. The summed E-state index contributed by atoms with van der Waals surface area (Å²) in [5.41, 5.74) is 2.07. The maximum atomic E-state index is 11.2. The molecule has 0 radical (unpaired) electrons. The van der Waals surface area contributed by atoms with Crippen molar-refractivity contribution < 1.29 is 4.79 Å². The van der Waals surface area contributed by atoms with E-state index >= 15 is 0 Å². The summed E-state index contributed by atoms with van der Waals surface area (Å²) >= 11 is 1.69. The standard InChI is InChI=1S/C10H13NOS/c1-10(3-2-8(12)4-10)5-9-6-11-7-13-9/h6-7H,2-5H2,1H3. The molecule has 13 heavy (non-hydrogen) atoms. The lowest BCUT2D eigenvalue weighted by Crippen LogP contribution is -2.14. The van der Waals surface area contributed by atoms with Crippen molar-refractivity contribution in [3.05, 3.63) is 16.6 Å². The summed E-state index contributed by atoms with van der Waals surface area (Å²) in [5, 5.41) is 0. The monoisotopic (exact) mass is 195 g/mol. The smallest absolute Gasteiger partial charge is 0.133 e. The molecular weight excluding hydrogens is 182 g/mol. The van der Waals surface area contributed by atoms with Gasteiger partial charge in [-0.15, -0.1) is 11.3 Å². The van der Waals surface area contributed by atoms with E-state index in [9.17, 15) is 4.79 Å². The molecule has 0 aromatic carbocycles. The Morgan fingerprint density at radius 2 is 2.54 bits per heavy atom. The number of aromatic nitrogens is 1. The van der Waals surface area contributed by atoms with Gasteiger partial charge in [-0.2, -0.15) is 0 Å². The zero-order valence-electron chi connectivity index (χ0n) is 7.75. The van der Waals surface area contributed by atoms with Crippen LogP contribution in [0.4, 0.5) is 0 Å². The van der Waals surface area contributed by atoms with E-state index in [1.807, 2.05) is 11.7 Å². The molecule has 0 aliphatic heterocycles. The number of Topliss-reactive ketones (excluding diaryl/α,β-unsaturated/α-hetero) is 1. The Morgan fingerprint density at radius 3 is 3.08 bits per heavy atom. The molecule has 2 rings (SSSR count). The predicted molar refractivity (Wildman–Crippen MR) is 52.8 cm³/mol. The highest BCUT2D eigenvalue weighted by Gasteiger charge is 2.34. The largest absolute Gasteiger partial charge is 0.300 e. The third kappa shape index (κ3) is 1.97. The van der Waals surface area contributed by atoms with E-state index in [1.165, 1.54) is 4.88 Å². The number of ketones is 1. The van der Waals surface area contributed by atoms with Crippen LogP contribution in [0, 0.1) is 5.41 Å². The quantitative estimate of drug-likeness (QED) is 0.725. The Bertz CT molecular complexity index is 307. The van der Waals surface area contributed by atoms with Crippen molar-refractivity contribution in [1.82, 2.24) is 4.98 Å². The van der Waals surface area contributed by atoms with Crippen molar-refractivity contribution in [2.75, 3.05) is 0 Å². The van der Waals surface area contributed by atoms with Gasteiger partial charge in [0.15, 0.2) is 0 Å². The van der Waals surface area contributed by atoms with E-state index < -0.39 is 0 Å². The third-order valence-electron chi connectivity index (χ3n) is 2.72. The fraction of sp³-hybridized carbons (Fsp3) is 0.600. The first kappa shape index (κ1) is 8.88. The Labute approximate surface area is 82.0 Å². The molecule has 70 valence electrons. The summed E-state index contributed by atoms with van der Waals surface area (Å²) in [5.74, 6) is 0.423. The molecule has 0 amide bonds. The molecule has 0 N–H and O–H groups in total. The molecule has 1 fully saturated rings. The van der Waals surface area contributed by atoms with Gasteiger partial charge in [0.1, 0.15) is 5.78 Å². The number of carbonyl (C=O) groups excluding carboxylic acids is 1. The van der Waals surface area contributed by atoms with E-state index in [-0.39, 0.29) is 5.41 Å². The van der Waals surface area contributed by atoms with Crippen molar-refractivity contribution in [3.63, 3.8) is 0 Å². The van der Waals surface area contributed by atoms with Gasteiger partial charge >= 0.3 is 0 Å². The molecule has 1 aliphatic carbocycles. The fourth-order valence-electron chi connectivity index (χ4n) is 1.99. The first-order chi connectivity index (χ1) is 6.18. The summed E-state index contributed by atoms with van der Waals surface area (Å²) in [7, 11) is 0. The third-order valence-corrected chi connectivity index (χ3v) is 3.50. The number of carbonyl (C=O) groups is 1. The van der Waals surface area contributed by atoms with Gasteiger partial charge in [-0.3, -0.25) is 9.78 Å². The maximum absolute atomic E-state index is 11.2. The highest BCUT2D eigenvalue weighted by Crippen LogP contribution is 2.38. The number of hydrogen-bond donors (Lipinski definition) is 0. The molecule has 1 unspecified atom stereocenters. The first-order valence-corrected chi connectivity index (χ1v) is 5.45. The molecule has 3 heteroatoms. The van der Waals surface area contributed by atoms with E-state index in [0.29, 0.717) is 5.78 Å². The average Bonchev–Trinajstić information content (AvgIpc) is 2.62. The predicted octanol–water partition coefficient (Wildman–Crippen LogP) is 2.44. The van der Waals surface area contributed by atoms with Crippen LogP contribution < -0.4 is 0 Å². The topological polar surface area (TPSA) is 30.0 Å². The minimum Gasteiger partial charge on any atom is -0.300 e. The van der Waals surface area contributed by atoms with Crippen LogP contribution in [-0.4, -0.2) is 10.8 Å². The van der Waals surface area contributed by atoms with E-state index in [1.54, 1.807) is 11.3 Å². The van der Waals surface area contributed by atoms with Gasteiger partial charge in [-0.05, 0) is 18.3 Å². The maximum Gasteiger partial charge on any atom is 0.133 e. The summed E-state index contributed by atoms with van der Waals surface area (Å²) in [4.78, 5) is 16.5. The first-order valence-electron chi connectivity index (χ1n) is 4.57. The Morgan fingerprint density at radius 1 is 1.69 bits per heavy atom. The summed E-state index contributed by atoms with van der Waals surface area (Å²) in [6, 6.07) is 0. The van der Waals surface area contributed by atoms with Crippen molar-refractivity contribution in [3.8, 4) is 0 Å². The van der Waals surface area contributed by atoms with Gasteiger partial charge in [0.25, 0.3) is 0 Å². The Hall–Kier alpha value is -0.700. The lowest BCUT2D eigenvalue weighted by atomic mass is 9.85. The van der Waals surface area contributed by atoms with Crippen LogP contribution in [0.2, 0.25) is 0 Å². The van der Waals surface area contributed by atoms with Crippen LogP contribution in [0.5, 0.6) is 0 Å². The van der Waals surface area contributed by atoms with Gasteiger partial charge < -0.3 is 0 Å². The second kappa shape index (κ2) is 3.22. The van der Waals surface area contributed by atoms with Crippen LogP contribution >= 0.6 is 11.3 Å². The second-order valence-electron chi connectivity index (χ2n) is 4.17. The molecule has 1 aromatic heterocycles. The number of rotatable bonds is 2. The molecule has 1 aromatic rings. The normalized spacial score (nSPS) is 28.2. The SMILES string of the molecule is CC1(Cc2cncs2)CCC(=O)C1. The van der Waals surface area contributed by atoms with Crippen molar-refractivity contribution >= 4 is 17.1 Å². The second-order valence-corrected chi connectivity index (χ2v) is 5.14. The van der Waals surface area contributed by atoms with E-state index in [2.05, 4.69) is 11.9 Å². The average molecular weight is 195 g/mol. The summed E-state index contributed by atoms with van der Waals surface area (Å²) < 4.78 is 0. The zero-order chi connectivity index (χ0) is 9.31. The minimum atomic E-state index is 0.212. The van der Waals surface area contributed by atoms with Gasteiger partial charge in [-0.1, -0.05) is 6.92 Å². The lowest BCUT2D eigenvalue weighted by Gasteiger charge is -2.20. The molecule has 0 saturated heterocycles. The van der Waals surface area contributed by atoms with E-state index in [0.717, 1.165) is 25.7 Å². The lowest BCUT2D eigenvalue weighted by molar-refractivity contribution is -0.117. The molecule has 0 spiro atoms. The van der Waals surface area contributed by atoms with Crippen LogP contribution in [0.25, 0.3) is 0 Å².